The van der Waals surface area contributed by atoms with Crippen LogP contribution >= 0.6 is 12.4 Å². The van der Waals surface area contributed by atoms with Gasteiger partial charge in [-0.15, -0.1) is 12.4 Å². The topological polar surface area (TPSA) is 47.6 Å². The Hall–Kier alpha value is -1.10. The molecule has 4 nitrogen and oxygen atoms in total. The van der Waals surface area contributed by atoms with E-state index in [9.17, 15) is 4.79 Å². The second-order valence-corrected chi connectivity index (χ2v) is 6.41. The van der Waals surface area contributed by atoms with Crippen LogP contribution in [0.5, 0.6) is 0 Å². The number of esters is 1. The van der Waals surface area contributed by atoms with Crippen molar-refractivity contribution >= 4 is 18.4 Å². The number of unbranched alkanes of at least 4 members (excludes halogenated alkanes) is 4. The first-order chi connectivity index (χ1) is 12.2. The lowest BCUT2D eigenvalue weighted by Crippen LogP contribution is -2.28. The molecular weight excluding hydrogens is 350 g/mol. The molecule has 5 heteroatoms. The van der Waals surface area contributed by atoms with E-state index < -0.39 is 6.10 Å². The Morgan fingerprint density at radius 1 is 1.08 bits per heavy atom. The van der Waals surface area contributed by atoms with Crippen molar-refractivity contribution in [2.24, 2.45) is 0 Å². The Labute approximate surface area is 165 Å². The lowest BCUT2D eigenvalue weighted by molar-refractivity contribution is -0.153. The van der Waals surface area contributed by atoms with E-state index in [4.69, 9.17) is 9.47 Å². The smallest absolute Gasteiger partial charge is 0.335 e. The zero-order valence-corrected chi connectivity index (χ0v) is 17.4. The molecular formula is C21H36ClNO3. The molecule has 150 valence electrons. The van der Waals surface area contributed by atoms with Crippen molar-refractivity contribution in [3.8, 4) is 0 Å². The van der Waals surface area contributed by atoms with E-state index in [0.29, 0.717) is 13.0 Å². The van der Waals surface area contributed by atoms with Crippen LogP contribution in [0.4, 0.5) is 0 Å². The van der Waals surface area contributed by atoms with Crippen molar-refractivity contribution in [3.63, 3.8) is 0 Å². The monoisotopic (exact) mass is 385 g/mol. The Balaban J connectivity index is 0.00000625. The van der Waals surface area contributed by atoms with Gasteiger partial charge in [0.05, 0.1) is 7.11 Å². The van der Waals surface area contributed by atoms with Crippen LogP contribution in [0.25, 0.3) is 0 Å². The number of methoxy groups -OCH3 is 1. The number of carbonyl (C=O) groups excluding carboxylic acids is 1. The molecule has 0 amide bonds. The number of hydrogen-bond acceptors (Lipinski definition) is 4. The summed E-state index contributed by atoms with van der Waals surface area (Å²) in [4.78, 5) is 11.8. The van der Waals surface area contributed by atoms with Crippen LogP contribution in [0.1, 0.15) is 57.1 Å². The van der Waals surface area contributed by atoms with E-state index in [0.717, 1.165) is 25.1 Å². The number of rotatable bonds is 14. The zero-order chi connectivity index (χ0) is 18.3. The average molecular weight is 386 g/mol. The molecule has 26 heavy (non-hydrogen) atoms. The number of carbonyl (C=O) groups is 1. The Morgan fingerprint density at radius 3 is 2.50 bits per heavy atom. The summed E-state index contributed by atoms with van der Waals surface area (Å²) in [6, 6.07) is 8.40. The maximum Gasteiger partial charge on any atom is 0.335 e. The average Bonchev–Trinajstić information content (AvgIpc) is 2.63. The Kier molecular flexibility index (Phi) is 15.4. The third kappa shape index (κ3) is 10.8. The van der Waals surface area contributed by atoms with Gasteiger partial charge in [-0.05, 0) is 44.0 Å². The third-order valence-electron chi connectivity index (χ3n) is 4.29. The molecule has 0 bridgehead atoms. The van der Waals surface area contributed by atoms with Crippen LogP contribution in [0, 0.1) is 0 Å². The second kappa shape index (κ2) is 16.1. The summed E-state index contributed by atoms with van der Waals surface area (Å²) in [5.41, 5.74) is 2.40. The fraction of sp³-hybridized carbons (Fsp3) is 0.667. The molecule has 0 aliphatic carbocycles. The van der Waals surface area contributed by atoms with Crippen molar-refractivity contribution in [1.82, 2.24) is 5.32 Å². The molecule has 0 spiro atoms. The first-order valence-electron chi connectivity index (χ1n) is 9.69. The van der Waals surface area contributed by atoms with E-state index in [1.807, 2.05) is 13.0 Å². The first-order valence-corrected chi connectivity index (χ1v) is 9.69. The normalized spacial score (nSPS) is 11.7. The maximum atomic E-state index is 11.8. The van der Waals surface area contributed by atoms with E-state index in [2.05, 4.69) is 30.4 Å². The van der Waals surface area contributed by atoms with Gasteiger partial charge in [0.25, 0.3) is 0 Å². The number of ether oxygens (including phenoxy) is 2. The fourth-order valence-electron chi connectivity index (χ4n) is 2.88. The number of nitrogens with one attached hydrogen (secondary N) is 1. The summed E-state index contributed by atoms with van der Waals surface area (Å²) in [5, 5.41) is 3.52. The minimum atomic E-state index is -0.522. The van der Waals surface area contributed by atoms with Crippen molar-refractivity contribution in [3.05, 3.63) is 35.4 Å². The van der Waals surface area contributed by atoms with Gasteiger partial charge < -0.3 is 14.8 Å². The predicted molar refractivity (Wildman–Crippen MR) is 110 cm³/mol. The lowest BCUT2D eigenvalue weighted by atomic mass is 10.0. The standard InChI is InChI=1S/C21H35NO3.ClH/c1-4-6-7-8-9-14-22-15-13-18-11-10-12-19(16-18)17-20(25-5-2)21(23)24-3;/h10-12,16,20,22H,4-9,13-15,17H2,1-3H3;1H. The Bertz CT molecular complexity index is 482. The summed E-state index contributed by atoms with van der Waals surface area (Å²) in [6.45, 7) is 6.72. The van der Waals surface area contributed by atoms with Crippen LogP contribution in [0.3, 0.4) is 0 Å². The van der Waals surface area contributed by atoms with Crippen LogP contribution in [0.15, 0.2) is 24.3 Å². The second-order valence-electron chi connectivity index (χ2n) is 6.41. The molecule has 0 aromatic heterocycles. The lowest BCUT2D eigenvalue weighted by Gasteiger charge is -2.15. The molecule has 1 rings (SSSR count). The minimum Gasteiger partial charge on any atom is -0.467 e. The van der Waals surface area contributed by atoms with Gasteiger partial charge in [0.15, 0.2) is 6.10 Å². The molecule has 0 heterocycles. The highest BCUT2D eigenvalue weighted by molar-refractivity contribution is 5.85. The van der Waals surface area contributed by atoms with Gasteiger partial charge in [-0.3, -0.25) is 0 Å². The van der Waals surface area contributed by atoms with E-state index in [1.54, 1.807) is 0 Å². The maximum absolute atomic E-state index is 11.8. The molecule has 0 aliphatic rings. The van der Waals surface area contributed by atoms with Crippen molar-refractivity contribution in [2.45, 2.75) is 64.9 Å². The quantitative estimate of drug-likeness (QED) is 0.382. The van der Waals surface area contributed by atoms with Gasteiger partial charge in [-0.25, -0.2) is 4.79 Å². The van der Waals surface area contributed by atoms with Gasteiger partial charge in [0.2, 0.25) is 0 Å². The number of hydrogen-bond donors (Lipinski definition) is 1. The van der Waals surface area contributed by atoms with Gasteiger partial charge in [0, 0.05) is 13.0 Å². The molecule has 1 aromatic rings. The van der Waals surface area contributed by atoms with Gasteiger partial charge in [0.1, 0.15) is 0 Å². The summed E-state index contributed by atoms with van der Waals surface area (Å²) < 4.78 is 10.3. The molecule has 1 aromatic carbocycles. The summed E-state index contributed by atoms with van der Waals surface area (Å²) in [7, 11) is 1.40. The largest absolute Gasteiger partial charge is 0.467 e. The molecule has 0 saturated carbocycles. The number of benzene rings is 1. The van der Waals surface area contributed by atoms with Crippen LogP contribution < -0.4 is 5.32 Å². The third-order valence-corrected chi connectivity index (χ3v) is 4.29. The van der Waals surface area contributed by atoms with E-state index in [-0.39, 0.29) is 18.4 Å². The molecule has 0 aliphatic heterocycles. The summed E-state index contributed by atoms with van der Waals surface area (Å²) in [6.07, 6.45) is 7.61. The summed E-state index contributed by atoms with van der Waals surface area (Å²) >= 11 is 0. The predicted octanol–water partition coefficient (Wildman–Crippen LogP) is 4.33. The Morgan fingerprint density at radius 2 is 1.81 bits per heavy atom. The molecule has 0 radical (unpaired) electrons. The van der Waals surface area contributed by atoms with Crippen LogP contribution in [0.2, 0.25) is 0 Å². The van der Waals surface area contributed by atoms with E-state index in [1.165, 1.54) is 44.8 Å². The minimum absolute atomic E-state index is 0. The van der Waals surface area contributed by atoms with E-state index >= 15 is 0 Å². The highest BCUT2D eigenvalue weighted by Gasteiger charge is 2.19. The highest BCUT2D eigenvalue weighted by Crippen LogP contribution is 2.11. The molecule has 1 N–H and O–H groups in total. The molecule has 0 fully saturated rings. The molecule has 1 unspecified atom stereocenters. The van der Waals surface area contributed by atoms with Crippen LogP contribution in [-0.4, -0.2) is 38.9 Å². The summed E-state index contributed by atoms with van der Waals surface area (Å²) in [5.74, 6) is -0.308. The SMILES string of the molecule is CCCCCCCNCCc1cccc(CC(OCC)C(=O)OC)c1.Cl. The first kappa shape index (κ1) is 24.9. The fourth-order valence-corrected chi connectivity index (χ4v) is 2.88. The van der Waals surface area contributed by atoms with Gasteiger partial charge in [-0.1, -0.05) is 56.9 Å². The molecule has 1 atom stereocenters. The zero-order valence-electron chi connectivity index (χ0n) is 16.6. The highest BCUT2D eigenvalue weighted by atomic mass is 35.5. The van der Waals surface area contributed by atoms with Crippen molar-refractivity contribution in [1.29, 1.82) is 0 Å². The van der Waals surface area contributed by atoms with Crippen molar-refractivity contribution in [2.75, 3.05) is 26.8 Å². The van der Waals surface area contributed by atoms with Gasteiger partial charge >= 0.3 is 5.97 Å². The van der Waals surface area contributed by atoms with Crippen molar-refractivity contribution < 1.29 is 14.3 Å². The number of halogens is 1. The van der Waals surface area contributed by atoms with Crippen LogP contribution in [-0.2, 0) is 27.1 Å². The van der Waals surface area contributed by atoms with Gasteiger partial charge in [-0.2, -0.15) is 0 Å². The molecule has 0 saturated heterocycles.